The number of fused-ring (bicyclic) bond motifs is 1. The number of aryl methyl sites for hydroxylation is 3. The van der Waals surface area contributed by atoms with Gasteiger partial charge in [-0.05, 0) is 50.7 Å². The monoisotopic (exact) mass is 399 g/mol. The third-order valence-corrected chi connectivity index (χ3v) is 5.96. The summed E-state index contributed by atoms with van der Waals surface area (Å²) in [5.74, 6) is 2.06. The summed E-state index contributed by atoms with van der Waals surface area (Å²) in [5.41, 5.74) is 1.80. The van der Waals surface area contributed by atoms with Crippen molar-refractivity contribution in [2.45, 2.75) is 38.9 Å². The average Bonchev–Trinajstić information content (AvgIpc) is 3.22. The number of rotatable bonds is 5. The van der Waals surface area contributed by atoms with Gasteiger partial charge >= 0.3 is 0 Å². The van der Waals surface area contributed by atoms with Crippen LogP contribution in [0.25, 0.3) is 0 Å². The summed E-state index contributed by atoms with van der Waals surface area (Å²) in [6.07, 6.45) is 2.55. The molecule has 0 aromatic carbocycles. The number of nitrogens with one attached hydrogen (secondary N) is 1. The number of anilines is 1. The van der Waals surface area contributed by atoms with Crippen molar-refractivity contribution >= 4 is 11.7 Å². The molecule has 4 rings (SSSR count). The van der Waals surface area contributed by atoms with Crippen LogP contribution >= 0.6 is 0 Å². The van der Waals surface area contributed by atoms with Crippen molar-refractivity contribution in [3.63, 3.8) is 0 Å². The molecule has 1 aliphatic heterocycles. The molecule has 1 saturated carbocycles. The zero-order valence-corrected chi connectivity index (χ0v) is 17.2. The first-order valence-electron chi connectivity index (χ1n) is 10.2. The van der Waals surface area contributed by atoms with Gasteiger partial charge in [0.15, 0.2) is 5.82 Å². The van der Waals surface area contributed by atoms with Crippen LogP contribution < -0.4 is 10.1 Å². The minimum atomic E-state index is -0.501. The van der Waals surface area contributed by atoms with Crippen molar-refractivity contribution in [3.05, 3.63) is 35.8 Å². The summed E-state index contributed by atoms with van der Waals surface area (Å²) in [4.78, 5) is 18.9. The zero-order valence-electron chi connectivity index (χ0n) is 17.2. The Bertz CT molecular complexity index is 883. The third kappa shape index (κ3) is 4.59. The molecule has 156 valence electrons. The summed E-state index contributed by atoms with van der Waals surface area (Å²) in [6, 6.07) is 5.64. The van der Waals surface area contributed by atoms with Gasteiger partial charge in [-0.2, -0.15) is 5.10 Å². The molecule has 0 bridgehead atoms. The second-order valence-corrected chi connectivity index (χ2v) is 8.37. The van der Waals surface area contributed by atoms with Crippen LogP contribution in [0.2, 0.25) is 0 Å². The lowest BCUT2D eigenvalue weighted by Gasteiger charge is -2.35. The fourth-order valence-electron chi connectivity index (χ4n) is 4.57. The van der Waals surface area contributed by atoms with Gasteiger partial charge in [0.25, 0.3) is 0 Å². The Morgan fingerprint density at radius 2 is 2.00 bits per heavy atom. The molecular weight excluding hydrogens is 370 g/mol. The van der Waals surface area contributed by atoms with Gasteiger partial charge < -0.3 is 15.2 Å². The molecule has 0 radical (unpaired) electrons. The van der Waals surface area contributed by atoms with Crippen molar-refractivity contribution in [2.75, 3.05) is 25.0 Å². The van der Waals surface area contributed by atoms with E-state index in [9.17, 15) is 9.90 Å². The Kier molecular flexibility index (Phi) is 5.56. The Hall–Kier alpha value is -2.45. The molecule has 8 heteroatoms. The number of amides is 1. The van der Waals surface area contributed by atoms with Gasteiger partial charge in [-0.25, -0.2) is 0 Å². The Morgan fingerprint density at radius 3 is 2.69 bits per heavy atom. The first kappa shape index (κ1) is 19.8. The number of carbonyl (C=O) groups is 1. The summed E-state index contributed by atoms with van der Waals surface area (Å²) in [7, 11) is 1.82. The molecule has 1 amide bonds. The molecule has 2 aromatic rings. The minimum absolute atomic E-state index is 0.0583. The highest BCUT2D eigenvalue weighted by molar-refractivity contribution is 5.91. The number of hydrogen-bond donors (Lipinski definition) is 2. The second kappa shape index (κ2) is 8.12. The molecule has 8 nitrogen and oxygen atoms in total. The van der Waals surface area contributed by atoms with Crippen molar-refractivity contribution in [3.8, 4) is 5.75 Å². The lowest BCUT2D eigenvalue weighted by atomic mass is 9.78. The van der Waals surface area contributed by atoms with E-state index in [-0.39, 0.29) is 12.0 Å². The van der Waals surface area contributed by atoms with Crippen LogP contribution in [-0.4, -0.2) is 62.5 Å². The fraction of sp³-hybridized carbons (Fsp3) is 0.571. The van der Waals surface area contributed by atoms with E-state index in [1.54, 1.807) is 16.9 Å². The van der Waals surface area contributed by atoms with Crippen LogP contribution in [0.15, 0.2) is 24.4 Å². The number of aliphatic hydroxyl groups is 1. The summed E-state index contributed by atoms with van der Waals surface area (Å²) < 4.78 is 7.80. The van der Waals surface area contributed by atoms with Gasteiger partial charge in [0.2, 0.25) is 5.91 Å². The van der Waals surface area contributed by atoms with Gasteiger partial charge in [0.1, 0.15) is 11.9 Å². The van der Waals surface area contributed by atoms with E-state index in [0.29, 0.717) is 30.6 Å². The molecular formula is C21H29N5O3. The highest BCUT2D eigenvalue weighted by atomic mass is 16.5. The molecule has 29 heavy (non-hydrogen) atoms. The van der Waals surface area contributed by atoms with Crippen LogP contribution in [0.4, 0.5) is 5.82 Å². The summed E-state index contributed by atoms with van der Waals surface area (Å²) >= 11 is 0. The normalized spacial score (nSPS) is 26.9. The van der Waals surface area contributed by atoms with E-state index in [2.05, 4.69) is 20.3 Å². The van der Waals surface area contributed by atoms with Crippen LogP contribution in [0, 0.1) is 25.7 Å². The van der Waals surface area contributed by atoms with Gasteiger partial charge in [0, 0.05) is 38.1 Å². The van der Waals surface area contributed by atoms with Gasteiger partial charge in [-0.3, -0.25) is 19.4 Å². The van der Waals surface area contributed by atoms with E-state index in [4.69, 9.17) is 4.74 Å². The van der Waals surface area contributed by atoms with E-state index < -0.39 is 6.10 Å². The maximum absolute atomic E-state index is 12.3. The van der Waals surface area contributed by atoms with Gasteiger partial charge in [-0.1, -0.05) is 0 Å². The first-order chi connectivity index (χ1) is 13.9. The maximum Gasteiger partial charge on any atom is 0.239 e. The number of ether oxygens (including phenoxy) is 1. The third-order valence-electron chi connectivity index (χ3n) is 5.96. The number of aliphatic hydroxyl groups excluding tert-OH is 1. The van der Waals surface area contributed by atoms with Crippen LogP contribution in [0.3, 0.4) is 0 Å². The lowest BCUT2D eigenvalue weighted by Crippen LogP contribution is -2.42. The molecule has 2 aliphatic rings. The predicted octanol–water partition coefficient (Wildman–Crippen LogP) is 1.52. The number of carbonyl (C=O) groups excluding carboxylic acids is 1. The molecule has 2 fully saturated rings. The van der Waals surface area contributed by atoms with Gasteiger partial charge in [-0.15, -0.1) is 0 Å². The van der Waals surface area contributed by atoms with Crippen LogP contribution in [0.5, 0.6) is 5.75 Å². The Labute approximate surface area is 170 Å². The Morgan fingerprint density at radius 1 is 1.24 bits per heavy atom. The maximum atomic E-state index is 12.3. The SMILES string of the molecule is Cc1ccc(O[C@@H]2C[C@@H]3CN(CC(=O)Nc4ccn(C)n4)C[C@@H]3C[C@H]2O)c(C)n1. The lowest BCUT2D eigenvalue weighted by molar-refractivity contribution is -0.117. The summed E-state index contributed by atoms with van der Waals surface area (Å²) in [6.45, 7) is 5.89. The molecule has 3 heterocycles. The number of pyridine rings is 1. The average molecular weight is 399 g/mol. The number of nitrogens with zero attached hydrogens (tertiary/aromatic N) is 4. The first-order valence-corrected chi connectivity index (χ1v) is 10.2. The zero-order chi connectivity index (χ0) is 20.5. The topological polar surface area (TPSA) is 92.5 Å². The van der Waals surface area contributed by atoms with Crippen LogP contribution in [0.1, 0.15) is 24.2 Å². The highest BCUT2D eigenvalue weighted by Crippen LogP contribution is 2.38. The van der Waals surface area contributed by atoms with Crippen molar-refractivity contribution in [1.82, 2.24) is 19.7 Å². The molecule has 2 N–H and O–H groups in total. The predicted molar refractivity (Wildman–Crippen MR) is 109 cm³/mol. The van der Waals surface area contributed by atoms with E-state index in [1.807, 2.05) is 33.0 Å². The van der Waals surface area contributed by atoms with E-state index in [0.717, 1.165) is 36.6 Å². The van der Waals surface area contributed by atoms with E-state index >= 15 is 0 Å². The highest BCUT2D eigenvalue weighted by Gasteiger charge is 2.43. The molecule has 0 unspecified atom stereocenters. The smallest absolute Gasteiger partial charge is 0.239 e. The molecule has 0 spiro atoms. The largest absolute Gasteiger partial charge is 0.486 e. The van der Waals surface area contributed by atoms with Gasteiger partial charge in [0.05, 0.1) is 18.3 Å². The number of likely N-dealkylation sites (tertiary alicyclic amines) is 1. The standard InChI is InChI=1S/C21H29N5O3/c1-13-4-5-18(14(2)22-13)29-19-9-16-11-26(10-15(16)8-17(19)27)12-21(28)23-20-6-7-25(3)24-20/h4-7,15-17,19,27H,8-12H2,1-3H3,(H,23,24,28)/t15-,16+,17+,19+/m0/s1. The van der Waals surface area contributed by atoms with E-state index in [1.165, 1.54) is 0 Å². The molecule has 1 aliphatic carbocycles. The molecule has 4 atom stereocenters. The minimum Gasteiger partial charge on any atom is -0.486 e. The van der Waals surface area contributed by atoms with Crippen molar-refractivity contribution < 1.29 is 14.6 Å². The Balaban J connectivity index is 1.33. The van der Waals surface area contributed by atoms with Crippen molar-refractivity contribution in [1.29, 1.82) is 0 Å². The fourth-order valence-corrected chi connectivity index (χ4v) is 4.57. The molecule has 2 aromatic heterocycles. The number of aromatic nitrogens is 3. The second-order valence-electron chi connectivity index (χ2n) is 8.37. The van der Waals surface area contributed by atoms with Crippen molar-refractivity contribution in [2.24, 2.45) is 18.9 Å². The number of hydrogen-bond acceptors (Lipinski definition) is 6. The molecule has 1 saturated heterocycles. The summed E-state index contributed by atoms with van der Waals surface area (Å²) in [5, 5.41) is 17.7. The quantitative estimate of drug-likeness (QED) is 0.792. The van der Waals surface area contributed by atoms with Crippen LogP contribution in [-0.2, 0) is 11.8 Å².